The highest BCUT2D eigenvalue weighted by Gasteiger charge is 2.24. The Balaban J connectivity index is 1.26. The minimum atomic E-state index is -0.0247. The highest BCUT2D eigenvalue weighted by molar-refractivity contribution is 9.10. The molecule has 3 aromatic heterocycles. The lowest BCUT2D eigenvalue weighted by molar-refractivity contribution is 0.161. The maximum atomic E-state index is 12.4. The molecule has 0 unspecified atom stereocenters. The number of thiophene rings is 1. The number of imidazole rings is 1. The number of para-hydroxylation sites is 2. The molecule has 0 bridgehead atoms. The number of hydrogen-bond acceptors (Lipinski definition) is 6. The van der Waals surface area contributed by atoms with Crippen LogP contribution in [-0.4, -0.2) is 37.7 Å². The van der Waals surface area contributed by atoms with E-state index < -0.39 is 0 Å². The van der Waals surface area contributed by atoms with Crippen molar-refractivity contribution in [3.05, 3.63) is 56.6 Å². The van der Waals surface area contributed by atoms with Crippen LogP contribution in [0.4, 0.5) is 0 Å². The van der Waals surface area contributed by atoms with Crippen molar-refractivity contribution in [1.29, 1.82) is 0 Å². The third-order valence-corrected chi connectivity index (χ3v) is 6.85. The van der Waals surface area contributed by atoms with Crippen molar-refractivity contribution < 1.29 is 4.52 Å². The summed E-state index contributed by atoms with van der Waals surface area (Å²) < 4.78 is 8.37. The van der Waals surface area contributed by atoms with Crippen LogP contribution in [0.1, 0.15) is 24.8 Å². The first-order valence-electron chi connectivity index (χ1n) is 9.16. The standard InChI is InChI=1S/C19H18BrN5O2S/c20-12-9-16(28-11-12)18-22-17(27-23-18)10-24-7-5-13(6-8-24)25-15-4-2-1-3-14(15)21-19(25)26/h1-4,9,11,13H,5-8,10H2,(H,21,26). The van der Waals surface area contributed by atoms with Gasteiger partial charge in [0.15, 0.2) is 0 Å². The summed E-state index contributed by atoms with van der Waals surface area (Å²) in [6, 6.07) is 10.1. The van der Waals surface area contributed by atoms with E-state index in [2.05, 4.69) is 36.0 Å². The molecule has 0 atom stereocenters. The summed E-state index contributed by atoms with van der Waals surface area (Å²) in [7, 11) is 0. The van der Waals surface area contributed by atoms with Gasteiger partial charge in [0, 0.05) is 29.0 Å². The van der Waals surface area contributed by atoms with E-state index in [4.69, 9.17) is 4.52 Å². The highest BCUT2D eigenvalue weighted by Crippen LogP contribution is 2.29. The number of aromatic nitrogens is 4. The van der Waals surface area contributed by atoms with Crippen LogP contribution in [0.2, 0.25) is 0 Å². The number of benzene rings is 1. The molecular weight excluding hydrogens is 442 g/mol. The number of fused-ring (bicyclic) bond motifs is 1. The first-order chi connectivity index (χ1) is 13.7. The number of likely N-dealkylation sites (tertiary alicyclic amines) is 1. The van der Waals surface area contributed by atoms with Gasteiger partial charge in [-0.25, -0.2) is 4.79 Å². The number of nitrogens with one attached hydrogen (secondary N) is 1. The average Bonchev–Trinajstić information content (AvgIpc) is 3.40. The van der Waals surface area contributed by atoms with Crippen molar-refractivity contribution >= 4 is 38.3 Å². The van der Waals surface area contributed by atoms with Crippen LogP contribution >= 0.6 is 27.3 Å². The SMILES string of the molecule is O=c1[nH]c2ccccc2n1C1CCN(Cc2nc(-c3cc(Br)cs3)no2)CC1. The average molecular weight is 460 g/mol. The molecule has 4 aromatic rings. The van der Waals surface area contributed by atoms with Crippen molar-refractivity contribution in [2.75, 3.05) is 13.1 Å². The van der Waals surface area contributed by atoms with E-state index in [-0.39, 0.29) is 11.7 Å². The number of H-pyrrole nitrogens is 1. The quantitative estimate of drug-likeness (QED) is 0.497. The van der Waals surface area contributed by atoms with Crippen LogP contribution in [0.3, 0.4) is 0 Å². The van der Waals surface area contributed by atoms with E-state index >= 15 is 0 Å². The van der Waals surface area contributed by atoms with Gasteiger partial charge in [0.25, 0.3) is 0 Å². The van der Waals surface area contributed by atoms with Gasteiger partial charge in [-0.05, 0) is 47.0 Å². The molecule has 1 aliphatic rings. The third-order valence-electron chi connectivity index (χ3n) is 5.16. The van der Waals surface area contributed by atoms with Gasteiger partial charge >= 0.3 is 5.69 Å². The third kappa shape index (κ3) is 3.34. The number of piperidine rings is 1. The van der Waals surface area contributed by atoms with Gasteiger partial charge < -0.3 is 9.51 Å². The maximum Gasteiger partial charge on any atom is 0.326 e. The summed E-state index contributed by atoms with van der Waals surface area (Å²) in [5, 5.41) is 6.10. The van der Waals surface area contributed by atoms with E-state index in [1.807, 2.05) is 40.3 Å². The zero-order valence-corrected chi connectivity index (χ0v) is 17.4. The second kappa shape index (κ2) is 7.31. The Kier molecular flexibility index (Phi) is 4.65. The summed E-state index contributed by atoms with van der Waals surface area (Å²) >= 11 is 5.03. The molecule has 0 spiro atoms. The van der Waals surface area contributed by atoms with Crippen molar-refractivity contribution in [1.82, 2.24) is 24.6 Å². The summed E-state index contributed by atoms with van der Waals surface area (Å²) in [6.07, 6.45) is 1.83. The molecular formula is C19H18BrN5O2S. The molecule has 4 heterocycles. The first-order valence-corrected chi connectivity index (χ1v) is 10.8. The summed E-state index contributed by atoms with van der Waals surface area (Å²) in [5.74, 6) is 1.26. The zero-order chi connectivity index (χ0) is 19.1. The van der Waals surface area contributed by atoms with Crippen LogP contribution in [0, 0.1) is 0 Å². The van der Waals surface area contributed by atoms with Gasteiger partial charge in [-0.3, -0.25) is 9.47 Å². The lowest BCUT2D eigenvalue weighted by Crippen LogP contribution is -2.36. The fourth-order valence-corrected chi connectivity index (χ4v) is 5.16. The smallest absolute Gasteiger partial charge is 0.326 e. The molecule has 1 saturated heterocycles. The topological polar surface area (TPSA) is 80.0 Å². The van der Waals surface area contributed by atoms with Crippen LogP contribution < -0.4 is 5.69 Å². The number of hydrogen-bond donors (Lipinski definition) is 1. The van der Waals surface area contributed by atoms with Crippen molar-refractivity contribution in [3.63, 3.8) is 0 Å². The van der Waals surface area contributed by atoms with Crippen molar-refractivity contribution in [2.45, 2.75) is 25.4 Å². The Morgan fingerprint density at radius 2 is 2.11 bits per heavy atom. The van der Waals surface area contributed by atoms with Gasteiger partial charge in [0.05, 0.1) is 22.5 Å². The van der Waals surface area contributed by atoms with Gasteiger partial charge in [0.1, 0.15) is 0 Å². The zero-order valence-electron chi connectivity index (χ0n) is 15.0. The van der Waals surface area contributed by atoms with E-state index in [0.717, 1.165) is 46.3 Å². The second-order valence-corrected chi connectivity index (χ2v) is 8.79. The number of rotatable bonds is 4. The van der Waals surface area contributed by atoms with E-state index in [1.54, 1.807) is 11.3 Å². The van der Waals surface area contributed by atoms with Crippen LogP contribution in [0.25, 0.3) is 21.7 Å². The summed E-state index contributed by atoms with van der Waals surface area (Å²) in [4.78, 5) is 23.2. The molecule has 1 aliphatic heterocycles. The predicted octanol–water partition coefficient (Wildman–Crippen LogP) is 4.04. The van der Waals surface area contributed by atoms with Crippen LogP contribution in [0.15, 0.2) is 49.5 Å². The van der Waals surface area contributed by atoms with Crippen molar-refractivity contribution in [3.8, 4) is 10.7 Å². The van der Waals surface area contributed by atoms with E-state index in [9.17, 15) is 4.79 Å². The monoisotopic (exact) mass is 459 g/mol. The van der Waals surface area contributed by atoms with Gasteiger partial charge in [-0.1, -0.05) is 17.3 Å². The molecule has 0 saturated carbocycles. The molecule has 28 heavy (non-hydrogen) atoms. The molecule has 7 nitrogen and oxygen atoms in total. The minimum Gasteiger partial charge on any atom is -0.338 e. The Morgan fingerprint density at radius 3 is 2.89 bits per heavy atom. The van der Waals surface area contributed by atoms with Gasteiger partial charge in [-0.2, -0.15) is 4.98 Å². The Hall–Kier alpha value is -2.23. The number of aromatic amines is 1. The lowest BCUT2D eigenvalue weighted by atomic mass is 10.0. The van der Waals surface area contributed by atoms with Gasteiger partial charge in [0.2, 0.25) is 11.7 Å². The molecule has 0 amide bonds. The van der Waals surface area contributed by atoms with Crippen molar-refractivity contribution in [2.24, 2.45) is 0 Å². The maximum absolute atomic E-state index is 12.4. The molecule has 0 aliphatic carbocycles. The normalized spacial score (nSPS) is 16.2. The minimum absolute atomic E-state index is 0.0247. The Labute approximate surface area is 173 Å². The van der Waals surface area contributed by atoms with Crippen LogP contribution in [0.5, 0.6) is 0 Å². The number of halogens is 1. The molecule has 5 rings (SSSR count). The summed E-state index contributed by atoms with van der Waals surface area (Å²) in [5.41, 5.74) is 1.85. The number of nitrogens with zero attached hydrogens (tertiary/aromatic N) is 4. The van der Waals surface area contributed by atoms with Gasteiger partial charge in [-0.15, -0.1) is 11.3 Å². The van der Waals surface area contributed by atoms with Crippen LogP contribution in [-0.2, 0) is 6.54 Å². The molecule has 1 aromatic carbocycles. The molecule has 1 N–H and O–H groups in total. The second-order valence-electron chi connectivity index (χ2n) is 6.97. The highest BCUT2D eigenvalue weighted by atomic mass is 79.9. The fraction of sp³-hybridized carbons (Fsp3) is 0.316. The first kappa shape index (κ1) is 17.8. The molecule has 0 radical (unpaired) electrons. The Bertz CT molecular complexity index is 1170. The Morgan fingerprint density at radius 1 is 1.29 bits per heavy atom. The largest absolute Gasteiger partial charge is 0.338 e. The predicted molar refractivity (Wildman–Crippen MR) is 111 cm³/mol. The summed E-state index contributed by atoms with van der Waals surface area (Å²) in [6.45, 7) is 2.41. The van der Waals surface area contributed by atoms with E-state index in [0.29, 0.717) is 18.3 Å². The fourth-order valence-electron chi connectivity index (χ4n) is 3.81. The molecule has 1 fully saturated rings. The lowest BCUT2D eigenvalue weighted by Gasteiger charge is -2.31. The molecule has 144 valence electrons. The van der Waals surface area contributed by atoms with E-state index in [1.165, 1.54) is 0 Å². The molecule has 9 heteroatoms.